The van der Waals surface area contributed by atoms with Gasteiger partial charge in [0.05, 0.1) is 12.0 Å². The Labute approximate surface area is 150 Å². The number of carbonyl (C=O) groups is 1. The summed E-state index contributed by atoms with van der Waals surface area (Å²) >= 11 is 1.37. The van der Waals surface area contributed by atoms with E-state index in [0.29, 0.717) is 35.6 Å². The van der Waals surface area contributed by atoms with Gasteiger partial charge in [-0.05, 0) is 31.5 Å². The minimum atomic E-state index is -0.0317. The number of furan rings is 1. The number of carbonyl (C=O) groups excluding carboxylic acids is 1. The highest BCUT2D eigenvalue weighted by atomic mass is 32.2. The van der Waals surface area contributed by atoms with E-state index in [1.807, 2.05) is 54.8 Å². The number of thioether (sulfide) groups is 1. The van der Waals surface area contributed by atoms with Crippen LogP contribution in [0.3, 0.4) is 0 Å². The Bertz CT molecular complexity index is 825. The third-order valence-electron chi connectivity index (χ3n) is 3.72. The molecule has 0 aliphatic heterocycles. The maximum Gasteiger partial charge on any atom is 0.230 e. The van der Waals surface area contributed by atoms with E-state index >= 15 is 0 Å². The van der Waals surface area contributed by atoms with Crippen molar-refractivity contribution in [3.05, 3.63) is 53.8 Å². The average Bonchev–Trinajstić information content (AvgIpc) is 3.28. The van der Waals surface area contributed by atoms with Crippen molar-refractivity contribution in [2.24, 2.45) is 0 Å². The summed E-state index contributed by atoms with van der Waals surface area (Å²) in [5.74, 6) is 1.61. The quantitative estimate of drug-likeness (QED) is 0.658. The number of amides is 1. The van der Waals surface area contributed by atoms with Crippen molar-refractivity contribution in [3.63, 3.8) is 0 Å². The third kappa shape index (κ3) is 4.30. The van der Waals surface area contributed by atoms with Crippen LogP contribution in [0.5, 0.6) is 0 Å². The Balaban J connectivity index is 1.56. The molecule has 0 aliphatic carbocycles. The molecule has 3 aromatic rings. The molecule has 0 bridgehead atoms. The monoisotopic (exact) mass is 356 g/mol. The number of rotatable bonds is 7. The van der Waals surface area contributed by atoms with Gasteiger partial charge in [-0.2, -0.15) is 0 Å². The number of aryl methyl sites for hydroxylation is 1. The minimum absolute atomic E-state index is 0.0317. The van der Waals surface area contributed by atoms with Crippen LogP contribution in [0.4, 0.5) is 0 Å². The van der Waals surface area contributed by atoms with Gasteiger partial charge in [-0.25, -0.2) is 0 Å². The van der Waals surface area contributed by atoms with Crippen molar-refractivity contribution in [3.8, 4) is 11.6 Å². The summed E-state index contributed by atoms with van der Waals surface area (Å²) < 4.78 is 7.33. The van der Waals surface area contributed by atoms with E-state index < -0.39 is 0 Å². The van der Waals surface area contributed by atoms with E-state index in [2.05, 4.69) is 15.5 Å². The zero-order valence-electron chi connectivity index (χ0n) is 14.2. The van der Waals surface area contributed by atoms with Crippen LogP contribution in [-0.2, 0) is 17.9 Å². The van der Waals surface area contributed by atoms with Gasteiger partial charge in [-0.1, -0.05) is 41.6 Å². The van der Waals surface area contributed by atoms with Gasteiger partial charge in [0.1, 0.15) is 0 Å². The molecule has 0 spiro atoms. The lowest BCUT2D eigenvalue weighted by Crippen LogP contribution is -2.24. The van der Waals surface area contributed by atoms with Crippen LogP contribution >= 0.6 is 11.8 Å². The second kappa shape index (κ2) is 8.02. The van der Waals surface area contributed by atoms with Gasteiger partial charge in [0.2, 0.25) is 5.91 Å². The molecule has 1 N–H and O–H groups in total. The van der Waals surface area contributed by atoms with E-state index in [1.165, 1.54) is 17.3 Å². The lowest BCUT2D eigenvalue weighted by Gasteiger charge is -2.07. The van der Waals surface area contributed by atoms with Crippen LogP contribution in [0.2, 0.25) is 0 Å². The van der Waals surface area contributed by atoms with Gasteiger partial charge in [0, 0.05) is 13.1 Å². The number of nitrogens with one attached hydrogen (secondary N) is 1. The molecule has 3 rings (SSSR count). The number of benzene rings is 1. The van der Waals surface area contributed by atoms with Gasteiger partial charge in [-0.3, -0.25) is 9.36 Å². The molecule has 1 aromatic carbocycles. The molecule has 0 atom stereocenters. The minimum Gasteiger partial charge on any atom is -0.461 e. The van der Waals surface area contributed by atoms with Gasteiger partial charge < -0.3 is 9.73 Å². The van der Waals surface area contributed by atoms with Gasteiger partial charge in [0.25, 0.3) is 0 Å². The summed E-state index contributed by atoms with van der Waals surface area (Å²) in [5.41, 5.74) is 2.29. The van der Waals surface area contributed by atoms with Crippen LogP contribution in [0.15, 0.2) is 52.2 Å². The largest absolute Gasteiger partial charge is 0.461 e. The molecular formula is C18H20N4O2S. The fraction of sp³-hybridized carbons (Fsp3) is 0.278. The van der Waals surface area contributed by atoms with Crippen LogP contribution < -0.4 is 5.32 Å². The fourth-order valence-electron chi connectivity index (χ4n) is 2.36. The van der Waals surface area contributed by atoms with Crippen molar-refractivity contribution >= 4 is 17.7 Å². The molecule has 0 saturated heterocycles. The molecule has 6 nitrogen and oxygen atoms in total. The van der Waals surface area contributed by atoms with E-state index in [9.17, 15) is 4.79 Å². The molecule has 0 fully saturated rings. The number of aromatic nitrogens is 3. The zero-order valence-corrected chi connectivity index (χ0v) is 15.0. The zero-order chi connectivity index (χ0) is 17.6. The summed E-state index contributed by atoms with van der Waals surface area (Å²) in [6.07, 6.45) is 1.61. The van der Waals surface area contributed by atoms with Gasteiger partial charge in [-0.15, -0.1) is 10.2 Å². The van der Waals surface area contributed by atoms with Crippen LogP contribution in [0, 0.1) is 6.92 Å². The Morgan fingerprint density at radius 3 is 2.72 bits per heavy atom. The predicted molar refractivity (Wildman–Crippen MR) is 97.1 cm³/mol. The molecular weight excluding hydrogens is 336 g/mol. The Morgan fingerprint density at radius 1 is 1.24 bits per heavy atom. The SMILES string of the molecule is CCn1c(SCC(=O)NCc2ccc(C)cc2)nnc1-c1ccco1. The van der Waals surface area contributed by atoms with Crippen molar-refractivity contribution in [1.29, 1.82) is 0 Å². The molecule has 0 unspecified atom stereocenters. The van der Waals surface area contributed by atoms with Crippen molar-refractivity contribution < 1.29 is 9.21 Å². The Morgan fingerprint density at radius 2 is 2.04 bits per heavy atom. The van der Waals surface area contributed by atoms with Crippen molar-refractivity contribution in [2.45, 2.75) is 32.1 Å². The summed E-state index contributed by atoms with van der Waals surface area (Å²) in [4.78, 5) is 12.1. The lowest BCUT2D eigenvalue weighted by molar-refractivity contribution is -0.118. The molecule has 2 aromatic heterocycles. The van der Waals surface area contributed by atoms with Gasteiger partial charge in [0.15, 0.2) is 16.7 Å². The topological polar surface area (TPSA) is 73.0 Å². The van der Waals surface area contributed by atoms with Gasteiger partial charge >= 0.3 is 0 Å². The molecule has 0 radical (unpaired) electrons. The predicted octanol–water partition coefficient (Wildman–Crippen LogP) is 3.27. The summed E-state index contributed by atoms with van der Waals surface area (Å²) in [6, 6.07) is 11.8. The lowest BCUT2D eigenvalue weighted by atomic mass is 10.1. The molecule has 2 heterocycles. The van der Waals surface area contributed by atoms with E-state index in [-0.39, 0.29) is 5.91 Å². The maximum atomic E-state index is 12.1. The fourth-order valence-corrected chi connectivity index (χ4v) is 3.19. The van der Waals surface area contributed by atoms with Crippen LogP contribution in [0.1, 0.15) is 18.1 Å². The molecule has 0 saturated carbocycles. The second-order valence-electron chi connectivity index (χ2n) is 5.58. The second-order valence-corrected chi connectivity index (χ2v) is 6.52. The molecule has 7 heteroatoms. The highest BCUT2D eigenvalue weighted by Crippen LogP contribution is 2.24. The van der Waals surface area contributed by atoms with Crippen molar-refractivity contribution in [1.82, 2.24) is 20.1 Å². The Kier molecular flexibility index (Phi) is 5.55. The Hall–Kier alpha value is -2.54. The first-order chi connectivity index (χ1) is 12.2. The molecule has 25 heavy (non-hydrogen) atoms. The normalized spacial score (nSPS) is 10.8. The van der Waals surface area contributed by atoms with E-state index in [0.717, 1.165) is 5.56 Å². The number of hydrogen-bond acceptors (Lipinski definition) is 5. The molecule has 1 amide bonds. The molecule has 130 valence electrons. The number of nitrogens with zero attached hydrogens (tertiary/aromatic N) is 3. The highest BCUT2D eigenvalue weighted by molar-refractivity contribution is 7.99. The average molecular weight is 356 g/mol. The molecule has 0 aliphatic rings. The summed E-state index contributed by atoms with van der Waals surface area (Å²) in [5, 5.41) is 12.0. The maximum absolute atomic E-state index is 12.1. The summed E-state index contributed by atoms with van der Waals surface area (Å²) in [7, 11) is 0. The van der Waals surface area contributed by atoms with Crippen molar-refractivity contribution in [2.75, 3.05) is 5.75 Å². The number of hydrogen-bond donors (Lipinski definition) is 1. The highest BCUT2D eigenvalue weighted by Gasteiger charge is 2.16. The van der Waals surface area contributed by atoms with Crippen LogP contribution in [0.25, 0.3) is 11.6 Å². The summed E-state index contributed by atoms with van der Waals surface area (Å²) in [6.45, 7) is 5.28. The first kappa shape index (κ1) is 17.3. The first-order valence-electron chi connectivity index (χ1n) is 8.09. The smallest absolute Gasteiger partial charge is 0.230 e. The first-order valence-corrected chi connectivity index (χ1v) is 9.08. The third-order valence-corrected chi connectivity index (χ3v) is 4.68. The van der Waals surface area contributed by atoms with E-state index in [4.69, 9.17) is 4.42 Å². The van der Waals surface area contributed by atoms with E-state index in [1.54, 1.807) is 6.26 Å². The standard InChI is InChI=1S/C18H20N4O2S/c1-3-22-17(15-5-4-10-24-15)20-21-18(22)25-12-16(23)19-11-14-8-6-13(2)7-9-14/h4-10H,3,11-12H2,1-2H3,(H,19,23). The van der Waals surface area contributed by atoms with Crippen LogP contribution in [-0.4, -0.2) is 26.4 Å².